The number of ether oxygens (including phenoxy) is 1. The Morgan fingerprint density at radius 1 is 1.12 bits per heavy atom. The van der Waals surface area contributed by atoms with Gasteiger partial charge < -0.3 is 14.2 Å². The van der Waals surface area contributed by atoms with Crippen molar-refractivity contribution in [3.8, 4) is 5.75 Å². The van der Waals surface area contributed by atoms with E-state index in [1.807, 2.05) is 29.2 Å². The van der Waals surface area contributed by atoms with Crippen molar-refractivity contribution >= 4 is 34.4 Å². The average Bonchev–Trinajstić information content (AvgIpc) is 3.36. The predicted molar refractivity (Wildman–Crippen MR) is 120 cm³/mol. The molecule has 0 aliphatic carbocycles. The molecule has 0 spiro atoms. The Bertz CT molecular complexity index is 1450. The van der Waals surface area contributed by atoms with Crippen molar-refractivity contribution in [1.29, 1.82) is 0 Å². The molecule has 0 radical (unpaired) electrons. The first kappa shape index (κ1) is 20.3. The van der Waals surface area contributed by atoms with Gasteiger partial charge in [0.2, 0.25) is 5.95 Å². The number of rotatable bonds is 4. The largest absolute Gasteiger partial charge is 0.497 e. The SMILES string of the molecule is COc1ccc(N2CCn3c2nc2c3c(=O)n(Cc3c(F)cccc3Cl)c(=O)n2C)cc1. The first-order valence-electron chi connectivity index (χ1n) is 9.95. The van der Waals surface area contributed by atoms with Gasteiger partial charge in [-0.2, -0.15) is 4.98 Å². The van der Waals surface area contributed by atoms with Gasteiger partial charge in [-0.3, -0.25) is 13.9 Å². The van der Waals surface area contributed by atoms with E-state index in [-0.39, 0.29) is 22.8 Å². The van der Waals surface area contributed by atoms with Crippen molar-refractivity contribution in [2.45, 2.75) is 13.1 Å². The smallest absolute Gasteiger partial charge is 0.332 e. The maximum Gasteiger partial charge on any atom is 0.332 e. The van der Waals surface area contributed by atoms with Gasteiger partial charge in [-0.05, 0) is 36.4 Å². The van der Waals surface area contributed by atoms with Crippen molar-refractivity contribution in [3.63, 3.8) is 0 Å². The zero-order chi connectivity index (χ0) is 22.6. The molecule has 1 aliphatic heterocycles. The highest BCUT2D eigenvalue weighted by Gasteiger charge is 2.29. The van der Waals surface area contributed by atoms with Gasteiger partial charge in [-0.15, -0.1) is 0 Å². The van der Waals surface area contributed by atoms with Crippen LogP contribution in [0, 0.1) is 5.82 Å². The molecule has 0 unspecified atom stereocenters. The molecule has 0 fully saturated rings. The van der Waals surface area contributed by atoms with E-state index in [0.717, 1.165) is 16.0 Å². The van der Waals surface area contributed by atoms with Crippen LogP contribution in [0.3, 0.4) is 0 Å². The fraction of sp³-hybridized carbons (Fsp3) is 0.227. The minimum absolute atomic E-state index is 0.0914. The van der Waals surface area contributed by atoms with Crippen molar-refractivity contribution in [3.05, 3.63) is 79.7 Å². The highest BCUT2D eigenvalue weighted by atomic mass is 35.5. The van der Waals surface area contributed by atoms with Gasteiger partial charge in [0, 0.05) is 36.4 Å². The number of nitrogens with zero attached hydrogens (tertiary/aromatic N) is 5. The number of imidazole rings is 1. The molecule has 2 aromatic heterocycles. The summed E-state index contributed by atoms with van der Waals surface area (Å²) in [5, 5.41) is 0.156. The molecule has 32 heavy (non-hydrogen) atoms. The summed E-state index contributed by atoms with van der Waals surface area (Å²) in [6, 6.07) is 11.8. The average molecular weight is 456 g/mol. The Hall–Kier alpha value is -3.59. The van der Waals surface area contributed by atoms with Gasteiger partial charge in [0.05, 0.1) is 13.7 Å². The van der Waals surface area contributed by atoms with Gasteiger partial charge in [0.1, 0.15) is 11.6 Å². The summed E-state index contributed by atoms with van der Waals surface area (Å²) in [5.74, 6) is 0.730. The Balaban J connectivity index is 1.66. The van der Waals surface area contributed by atoms with E-state index in [1.54, 1.807) is 18.7 Å². The van der Waals surface area contributed by atoms with E-state index < -0.39 is 17.1 Å². The van der Waals surface area contributed by atoms with Crippen molar-refractivity contribution < 1.29 is 9.13 Å². The van der Waals surface area contributed by atoms with E-state index in [0.29, 0.717) is 24.6 Å². The summed E-state index contributed by atoms with van der Waals surface area (Å²) in [4.78, 5) is 32.9. The Morgan fingerprint density at radius 2 is 1.88 bits per heavy atom. The van der Waals surface area contributed by atoms with Crippen molar-refractivity contribution in [1.82, 2.24) is 18.7 Å². The summed E-state index contributed by atoms with van der Waals surface area (Å²) in [6.07, 6.45) is 0. The van der Waals surface area contributed by atoms with Crippen LogP contribution in [-0.2, 0) is 20.1 Å². The van der Waals surface area contributed by atoms with Gasteiger partial charge in [0.15, 0.2) is 11.2 Å². The number of aryl methyl sites for hydroxylation is 1. The van der Waals surface area contributed by atoms with Crippen LogP contribution in [0.5, 0.6) is 5.75 Å². The van der Waals surface area contributed by atoms with Crippen LogP contribution in [0.15, 0.2) is 52.1 Å². The van der Waals surface area contributed by atoms with E-state index in [1.165, 1.54) is 22.8 Å². The lowest BCUT2D eigenvalue weighted by molar-refractivity contribution is 0.415. The number of fused-ring (bicyclic) bond motifs is 3. The Morgan fingerprint density at radius 3 is 2.56 bits per heavy atom. The summed E-state index contributed by atoms with van der Waals surface area (Å²) in [6.45, 7) is 0.868. The number of hydrogen-bond acceptors (Lipinski definition) is 5. The molecule has 4 aromatic rings. The third-order valence-corrected chi connectivity index (χ3v) is 6.12. The van der Waals surface area contributed by atoms with Crippen LogP contribution in [0.25, 0.3) is 11.2 Å². The second-order valence-corrected chi connectivity index (χ2v) is 7.93. The van der Waals surface area contributed by atoms with Crippen LogP contribution < -0.4 is 20.9 Å². The molecule has 5 rings (SSSR count). The lowest BCUT2D eigenvalue weighted by Gasteiger charge is -2.16. The van der Waals surface area contributed by atoms with Gasteiger partial charge in [0.25, 0.3) is 5.56 Å². The van der Waals surface area contributed by atoms with Crippen LogP contribution in [0.1, 0.15) is 5.56 Å². The number of hydrogen-bond donors (Lipinski definition) is 0. The second kappa shape index (κ2) is 7.52. The molecule has 0 amide bonds. The lowest BCUT2D eigenvalue weighted by atomic mass is 10.2. The standard InChI is InChI=1S/C22H19ClFN5O3/c1-26-19-18(20(30)29(22(26)31)12-15-16(23)4-3-5-17(15)24)28-11-10-27(21(28)25-19)13-6-8-14(32-2)9-7-13/h3-9H,10-12H2,1-2H3. The third-order valence-electron chi connectivity index (χ3n) is 5.76. The zero-order valence-electron chi connectivity index (χ0n) is 17.4. The van der Waals surface area contributed by atoms with Crippen LogP contribution in [0.2, 0.25) is 5.02 Å². The number of anilines is 2. The van der Waals surface area contributed by atoms with Crippen LogP contribution in [-0.4, -0.2) is 32.3 Å². The molecule has 0 bridgehead atoms. The molecule has 1 aliphatic rings. The molecule has 8 nitrogen and oxygen atoms in total. The second-order valence-electron chi connectivity index (χ2n) is 7.52. The Kier molecular flexibility index (Phi) is 4.78. The third kappa shape index (κ3) is 3.00. The number of methoxy groups -OCH3 is 1. The van der Waals surface area contributed by atoms with Gasteiger partial charge in [-0.1, -0.05) is 17.7 Å². The first-order valence-corrected chi connectivity index (χ1v) is 10.3. The highest BCUT2D eigenvalue weighted by Crippen LogP contribution is 2.32. The molecule has 164 valence electrons. The van der Waals surface area contributed by atoms with E-state index >= 15 is 0 Å². The maximum absolute atomic E-state index is 14.3. The zero-order valence-corrected chi connectivity index (χ0v) is 18.1. The molecule has 0 atom stereocenters. The molecule has 2 aromatic carbocycles. The first-order chi connectivity index (χ1) is 15.4. The molecular formula is C22H19ClFN5O3. The number of halogens is 2. The fourth-order valence-electron chi connectivity index (χ4n) is 4.07. The molecule has 0 N–H and O–H groups in total. The minimum Gasteiger partial charge on any atom is -0.497 e. The summed E-state index contributed by atoms with van der Waals surface area (Å²) in [5.41, 5.74) is 0.444. The predicted octanol–water partition coefficient (Wildman–Crippen LogP) is 2.90. The molecule has 3 heterocycles. The molecular weight excluding hydrogens is 437 g/mol. The lowest BCUT2D eigenvalue weighted by Crippen LogP contribution is -2.40. The molecule has 0 saturated carbocycles. The maximum atomic E-state index is 14.3. The highest BCUT2D eigenvalue weighted by molar-refractivity contribution is 6.31. The summed E-state index contributed by atoms with van der Waals surface area (Å²) >= 11 is 6.13. The van der Waals surface area contributed by atoms with Crippen molar-refractivity contribution in [2.75, 3.05) is 18.6 Å². The minimum atomic E-state index is -0.588. The summed E-state index contributed by atoms with van der Waals surface area (Å²) < 4.78 is 23.6. The Labute approximate surface area is 186 Å². The monoisotopic (exact) mass is 455 g/mol. The fourth-order valence-corrected chi connectivity index (χ4v) is 4.29. The quantitative estimate of drug-likeness (QED) is 0.473. The van der Waals surface area contributed by atoms with Gasteiger partial charge >= 0.3 is 5.69 Å². The summed E-state index contributed by atoms with van der Waals surface area (Å²) in [7, 11) is 3.15. The molecule has 10 heteroatoms. The van der Waals surface area contributed by atoms with Crippen LogP contribution in [0.4, 0.5) is 16.0 Å². The molecule has 0 saturated heterocycles. The number of aromatic nitrogens is 4. The van der Waals surface area contributed by atoms with Crippen LogP contribution >= 0.6 is 11.6 Å². The topological polar surface area (TPSA) is 74.3 Å². The van der Waals surface area contributed by atoms with E-state index in [2.05, 4.69) is 4.98 Å². The van der Waals surface area contributed by atoms with Crippen molar-refractivity contribution in [2.24, 2.45) is 7.05 Å². The normalized spacial score (nSPS) is 13.1. The van der Waals surface area contributed by atoms with E-state index in [4.69, 9.17) is 16.3 Å². The van der Waals surface area contributed by atoms with E-state index in [9.17, 15) is 14.0 Å². The van der Waals surface area contributed by atoms with Gasteiger partial charge in [-0.25, -0.2) is 9.18 Å². The number of benzene rings is 2.